The molecule has 5 heteroatoms. The Morgan fingerprint density at radius 2 is 1.69 bits per heavy atom. The summed E-state index contributed by atoms with van der Waals surface area (Å²) >= 11 is 0. The first-order chi connectivity index (χ1) is 14.1. The van der Waals surface area contributed by atoms with Crippen molar-refractivity contribution in [2.24, 2.45) is 0 Å². The first-order valence-corrected chi connectivity index (χ1v) is 9.19. The van der Waals surface area contributed by atoms with Gasteiger partial charge in [0.2, 0.25) is 5.91 Å². The second-order valence-electron chi connectivity index (χ2n) is 6.34. The van der Waals surface area contributed by atoms with E-state index in [2.05, 4.69) is 10.6 Å². The maximum Gasteiger partial charge on any atom is 0.251 e. The van der Waals surface area contributed by atoms with E-state index in [1.807, 2.05) is 54.6 Å². The molecular formula is C24H22N2O3. The van der Waals surface area contributed by atoms with Gasteiger partial charge >= 0.3 is 0 Å². The lowest BCUT2D eigenvalue weighted by Crippen LogP contribution is -2.22. The van der Waals surface area contributed by atoms with Gasteiger partial charge in [-0.05, 0) is 47.5 Å². The minimum Gasteiger partial charge on any atom is -0.497 e. The predicted molar refractivity (Wildman–Crippen MR) is 115 cm³/mol. The monoisotopic (exact) mass is 386 g/mol. The predicted octanol–water partition coefficient (Wildman–Crippen LogP) is 4.28. The number of carbonyl (C=O) groups excluding carboxylic acids is 2. The zero-order chi connectivity index (χ0) is 20.5. The lowest BCUT2D eigenvalue weighted by Gasteiger charge is -2.08. The minimum atomic E-state index is -0.275. The van der Waals surface area contributed by atoms with Crippen molar-refractivity contribution in [3.63, 3.8) is 0 Å². The summed E-state index contributed by atoms with van der Waals surface area (Å²) in [5.41, 5.74) is 2.95. The summed E-state index contributed by atoms with van der Waals surface area (Å²) in [7, 11) is 1.61. The van der Waals surface area contributed by atoms with Crippen LogP contribution in [0.15, 0.2) is 84.9 Å². The van der Waals surface area contributed by atoms with E-state index in [1.165, 1.54) is 6.08 Å². The molecule has 0 aliphatic rings. The van der Waals surface area contributed by atoms with Gasteiger partial charge in [-0.15, -0.1) is 0 Å². The van der Waals surface area contributed by atoms with Crippen LogP contribution in [-0.2, 0) is 11.3 Å². The molecule has 0 aliphatic heterocycles. The number of hydrogen-bond donors (Lipinski definition) is 2. The molecule has 0 aromatic heterocycles. The van der Waals surface area contributed by atoms with Crippen molar-refractivity contribution in [2.75, 3.05) is 12.4 Å². The van der Waals surface area contributed by atoms with E-state index in [9.17, 15) is 9.59 Å². The second kappa shape index (κ2) is 9.90. The van der Waals surface area contributed by atoms with Crippen LogP contribution in [0, 0.1) is 0 Å². The third kappa shape index (κ3) is 6.07. The highest BCUT2D eigenvalue weighted by Gasteiger charge is 2.07. The highest BCUT2D eigenvalue weighted by Crippen LogP contribution is 2.14. The molecule has 5 nitrogen and oxygen atoms in total. The average Bonchev–Trinajstić information content (AvgIpc) is 2.77. The van der Waals surface area contributed by atoms with Crippen molar-refractivity contribution in [3.05, 3.63) is 102 Å². The van der Waals surface area contributed by atoms with Crippen LogP contribution in [0.5, 0.6) is 5.75 Å². The number of methoxy groups -OCH3 is 1. The standard InChI is InChI=1S/C24H22N2O3/c1-29-22-13-10-18(11-14-22)12-15-23(27)26-21-9-5-8-20(16-21)24(28)25-17-19-6-3-2-4-7-19/h2-16H,17H2,1H3,(H,25,28)(H,26,27)/b15-12+. The van der Waals surface area contributed by atoms with Gasteiger partial charge in [-0.2, -0.15) is 0 Å². The smallest absolute Gasteiger partial charge is 0.251 e. The highest BCUT2D eigenvalue weighted by molar-refractivity contribution is 6.03. The van der Waals surface area contributed by atoms with Gasteiger partial charge in [-0.25, -0.2) is 0 Å². The Labute approximate surface area is 170 Å². The van der Waals surface area contributed by atoms with Crippen LogP contribution in [0.25, 0.3) is 6.08 Å². The average molecular weight is 386 g/mol. The molecular weight excluding hydrogens is 364 g/mol. The van der Waals surface area contributed by atoms with Crippen LogP contribution in [0.1, 0.15) is 21.5 Å². The van der Waals surface area contributed by atoms with Crippen LogP contribution in [0.3, 0.4) is 0 Å². The molecule has 29 heavy (non-hydrogen) atoms. The molecule has 0 radical (unpaired) electrons. The summed E-state index contributed by atoms with van der Waals surface area (Å²) in [4.78, 5) is 24.5. The van der Waals surface area contributed by atoms with Crippen molar-refractivity contribution in [2.45, 2.75) is 6.54 Å². The van der Waals surface area contributed by atoms with Crippen LogP contribution in [0.4, 0.5) is 5.69 Å². The van der Waals surface area contributed by atoms with Crippen molar-refractivity contribution >= 4 is 23.6 Å². The molecule has 0 heterocycles. The molecule has 0 saturated heterocycles. The number of hydrogen-bond acceptors (Lipinski definition) is 3. The number of benzene rings is 3. The summed E-state index contributed by atoms with van der Waals surface area (Å²) in [5, 5.41) is 5.65. The zero-order valence-electron chi connectivity index (χ0n) is 16.1. The number of anilines is 1. The fourth-order valence-corrected chi connectivity index (χ4v) is 2.69. The molecule has 2 amide bonds. The number of amides is 2. The quantitative estimate of drug-likeness (QED) is 0.596. The molecule has 3 aromatic carbocycles. The summed E-state index contributed by atoms with van der Waals surface area (Å²) in [5.74, 6) is 0.287. The highest BCUT2D eigenvalue weighted by atomic mass is 16.5. The van der Waals surface area contributed by atoms with Crippen LogP contribution in [0.2, 0.25) is 0 Å². The van der Waals surface area contributed by atoms with E-state index in [0.717, 1.165) is 16.9 Å². The van der Waals surface area contributed by atoms with E-state index in [-0.39, 0.29) is 11.8 Å². The van der Waals surface area contributed by atoms with Crippen molar-refractivity contribution in [1.29, 1.82) is 0 Å². The van der Waals surface area contributed by atoms with Gasteiger partial charge in [0.1, 0.15) is 5.75 Å². The van der Waals surface area contributed by atoms with Gasteiger partial charge in [0, 0.05) is 23.9 Å². The van der Waals surface area contributed by atoms with Crippen LogP contribution >= 0.6 is 0 Å². The Morgan fingerprint density at radius 3 is 2.41 bits per heavy atom. The molecule has 0 fully saturated rings. The normalized spacial score (nSPS) is 10.5. The van der Waals surface area contributed by atoms with Crippen molar-refractivity contribution in [3.8, 4) is 5.75 Å². The van der Waals surface area contributed by atoms with Crippen molar-refractivity contribution in [1.82, 2.24) is 5.32 Å². The zero-order valence-corrected chi connectivity index (χ0v) is 16.1. The summed E-state index contributed by atoms with van der Waals surface area (Å²) in [6, 6.07) is 23.9. The molecule has 0 aliphatic carbocycles. The lowest BCUT2D eigenvalue weighted by atomic mass is 10.1. The van der Waals surface area contributed by atoms with E-state index in [1.54, 1.807) is 37.5 Å². The maximum atomic E-state index is 12.4. The Balaban J connectivity index is 1.57. The van der Waals surface area contributed by atoms with Gasteiger partial charge < -0.3 is 15.4 Å². The van der Waals surface area contributed by atoms with Gasteiger partial charge in [0.05, 0.1) is 7.11 Å². The number of ether oxygens (including phenoxy) is 1. The van der Waals surface area contributed by atoms with E-state index >= 15 is 0 Å². The van der Waals surface area contributed by atoms with Gasteiger partial charge in [-0.3, -0.25) is 9.59 Å². The van der Waals surface area contributed by atoms with Crippen molar-refractivity contribution < 1.29 is 14.3 Å². The maximum absolute atomic E-state index is 12.4. The van der Waals surface area contributed by atoms with Gasteiger partial charge in [-0.1, -0.05) is 48.5 Å². The van der Waals surface area contributed by atoms with Crippen LogP contribution < -0.4 is 15.4 Å². The number of carbonyl (C=O) groups is 2. The van der Waals surface area contributed by atoms with Gasteiger partial charge in [0.25, 0.3) is 5.91 Å². The first kappa shape index (κ1) is 19.9. The SMILES string of the molecule is COc1ccc(/C=C/C(=O)Nc2cccc(C(=O)NCc3ccccc3)c2)cc1. The lowest BCUT2D eigenvalue weighted by molar-refractivity contribution is -0.111. The minimum absolute atomic E-state index is 0.196. The summed E-state index contributed by atoms with van der Waals surface area (Å²) < 4.78 is 5.11. The van der Waals surface area contributed by atoms with E-state index in [4.69, 9.17) is 4.74 Å². The third-order valence-electron chi connectivity index (χ3n) is 4.23. The fourth-order valence-electron chi connectivity index (χ4n) is 2.69. The Bertz CT molecular complexity index is 996. The molecule has 0 bridgehead atoms. The molecule has 3 rings (SSSR count). The fraction of sp³-hybridized carbons (Fsp3) is 0.0833. The summed E-state index contributed by atoms with van der Waals surface area (Å²) in [6.45, 7) is 0.445. The molecule has 0 saturated carbocycles. The third-order valence-corrected chi connectivity index (χ3v) is 4.23. The Hall–Kier alpha value is -3.86. The molecule has 0 unspecified atom stereocenters. The van der Waals surface area contributed by atoms with Gasteiger partial charge in [0.15, 0.2) is 0 Å². The molecule has 0 atom stereocenters. The molecule has 146 valence electrons. The van der Waals surface area contributed by atoms with E-state index < -0.39 is 0 Å². The Kier molecular flexibility index (Phi) is 6.79. The Morgan fingerprint density at radius 1 is 0.931 bits per heavy atom. The second-order valence-corrected chi connectivity index (χ2v) is 6.34. The first-order valence-electron chi connectivity index (χ1n) is 9.19. The number of nitrogens with one attached hydrogen (secondary N) is 2. The topological polar surface area (TPSA) is 67.4 Å². The van der Waals surface area contributed by atoms with Crippen LogP contribution in [-0.4, -0.2) is 18.9 Å². The number of rotatable bonds is 7. The largest absolute Gasteiger partial charge is 0.497 e. The molecule has 3 aromatic rings. The molecule has 0 spiro atoms. The summed E-state index contributed by atoms with van der Waals surface area (Å²) in [6.07, 6.45) is 3.16. The molecule has 2 N–H and O–H groups in total. The van der Waals surface area contributed by atoms with E-state index in [0.29, 0.717) is 17.8 Å².